The molecule has 1 aliphatic heterocycles. The highest BCUT2D eigenvalue weighted by Gasteiger charge is 2.17. The van der Waals surface area contributed by atoms with Gasteiger partial charge in [0.05, 0.1) is 11.4 Å². The number of ether oxygens (including phenoxy) is 2. The number of fused-ring (bicyclic) bond motifs is 4. The molecule has 0 aromatic heterocycles. The van der Waals surface area contributed by atoms with Gasteiger partial charge in [-0.3, -0.25) is 0 Å². The lowest BCUT2D eigenvalue weighted by Gasteiger charge is -2.21. The van der Waals surface area contributed by atoms with Gasteiger partial charge in [0.1, 0.15) is 17.5 Å². The average molecular weight is 350 g/mol. The number of benzene rings is 2. The molecule has 0 saturated carbocycles. The van der Waals surface area contributed by atoms with E-state index in [-0.39, 0.29) is 17.6 Å². The first-order valence-corrected chi connectivity index (χ1v) is 8.84. The summed E-state index contributed by atoms with van der Waals surface area (Å²) < 4.78 is 11.7. The molecule has 0 unspecified atom stereocenters. The summed E-state index contributed by atoms with van der Waals surface area (Å²) in [5.41, 5.74) is 3.80. The fourth-order valence-electron chi connectivity index (χ4n) is 2.63. The lowest BCUT2D eigenvalue weighted by atomic mass is 9.86. The summed E-state index contributed by atoms with van der Waals surface area (Å²) in [6.07, 6.45) is 0. The Morgan fingerprint density at radius 2 is 1.12 bits per heavy atom. The van der Waals surface area contributed by atoms with Crippen LogP contribution in [0.2, 0.25) is 0 Å². The van der Waals surface area contributed by atoms with Crippen LogP contribution in [0.4, 0.5) is 11.4 Å². The van der Waals surface area contributed by atoms with Crippen LogP contribution in [0.15, 0.2) is 46.4 Å². The minimum absolute atomic E-state index is 0.00931. The molecule has 0 saturated heterocycles. The molecule has 0 radical (unpaired) electrons. The maximum absolute atomic E-state index is 5.84. The molecule has 4 bridgehead atoms. The molecule has 3 rings (SSSR count). The van der Waals surface area contributed by atoms with Gasteiger partial charge in [0, 0.05) is 12.1 Å². The predicted molar refractivity (Wildman–Crippen MR) is 106 cm³/mol. The SMILES string of the molecule is CC(C)(C)c1cc2cc(c1)OCOc1cc(cc(C(C)(C)C)c1)N=C=N2. The highest BCUT2D eigenvalue weighted by atomic mass is 16.7. The van der Waals surface area contributed by atoms with E-state index in [1.807, 2.05) is 36.4 Å². The zero-order chi connectivity index (χ0) is 18.9. The van der Waals surface area contributed by atoms with Gasteiger partial charge in [0.25, 0.3) is 0 Å². The fraction of sp³-hybridized carbons (Fsp3) is 0.409. The molecule has 0 aliphatic carbocycles. The zero-order valence-electron chi connectivity index (χ0n) is 16.4. The Morgan fingerprint density at radius 1 is 0.692 bits per heavy atom. The molecule has 4 heteroatoms. The highest BCUT2D eigenvalue weighted by Crippen LogP contribution is 2.33. The maximum atomic E-state index is 5.84. The second kappa shape index (κ2) is 6.62. The fourth-order valence-corrected chi connectivity index (χ4v) is 2.63. The molecule has 4 nitrogen and oxygen atoms in total. The van der Waals surface area contributed by atoms with Crippen molar-refractivity contribution in [3.05, 3.63) is 47.5 Å². The van der Waals surface area contributed by atoms with Crippen molar-refractivity contribution in [2.24, 2.45) is 9.98 Å². The minimum atomic E-state index is -0.00931. The second-order valence-electron chi connectivity index (χ2n) is 8.66. The van der Waals surface area contributed by atoms with Crippen LogP contribution >= 0.6 is 0 Å². The number of hydrogen-bond donors (Lipinski definition) is 0. The van der Waals surface area contributed by atoms with Crippen LogP contribution in [-0.2, 0) is 10.8 Å². The van der Waals surface area contributed by atoms with Gasteiger partial charge >= 0.3 is 0 Å². The third-order valence-corrected chi connectivity index (χ3v) is 4.32. The molecule has 2 aromatic carbocycles. The molecule has 1 heterocycles. The summed E-state index contributed by atoms with van der Waals surface area (Å²) >= 11 is 0. The van der Waals surface area contributed by atoms with Crippen LogP contribution in [0.3, 0.4) is 0 Å². The summed E-state index contributed by atoms with van der Waals surface area (Å²) in [4.78, 5) is 8.78. The molecule has 0 spiro atoms. The topological polar surface area (TPSA) is 43.2 Å². The largest absolute Gasteiger partial charge is 0.457 e. The first-order valence-electron chi connectivity index (χ1n) is 8.84. The normalized spacial score (nSPS) is 14.1. The molecule has 0 amide bonds. The van der Waals surface area contributed by atoms with E-state index in [0.717, 1.165) is 34.0 Å². The molecule has 0 atom stereocenters. The molecule has 0 N–H and O–H groups in total. The van der Waals surface area contributed by atoms with Crippen molar-refractivity contribution in [1.82, 2.24) is 0 Å². The van der Waals surface area contributed by atoms with Crippen molar-refractivity contribution >= 4 is 17.4 Å². The van der Waals surface area contributed by atoms with Gasteiger partial charge in [-0.2, -0.15) is 9.98 Å². The van der Waals surface area contributed by atoms with Crippen LogP contribution in [0.25, 0.3) is 0 Å². The van der Waals surface area contributed by atoms with E-state index in [0.29, 0.717) is 0 Å². The average Bonchev–Trinajstić information content (AvgIpc) is 2.52. The first-order chi connectivity index (χ1) is 12.1. The summed E-state index contributed by atoms with van der Waals surface area (Å²) in [7, 11) is 0. The van der Waals surface area contributed by atoms with Gasteiger partial charge in [0.15, 0.2) is 0 Å². The van der Waals surface area contributed by atoms with Crippen molar-refractivity contribution in [3.63, 3.8) is 0 Å². The third kappa shape index (κ3) is 4.33. The Hall–Kier alpha value is -2.58. The summed E-state index contributed by atoms with van der Waals surface area (Å²) in [5.74, 6) is 1.46. The van der Waals surface area contributed by atoms with Crippen molar-refractivity contribution in [1.29, 1.82) is 0 Å². The number of nitrogens with zero attached hydrogens (tertiary/aromatic N) is 2. The van der Waals surface area contributed by atoms with Crippen molar-refractivity contribution in [3.8, 4) is 11.5 Å². The van der Waals surface area contributed by atoms with Crippen LogP contribution in [-0.4, -0.2) is 12.8 Å². The van der Waals surface area contributed by atoms with Gasteiger partial charge in [0.2, 0.25) is 6.79 Å². The molecule has 136 valence electrons. The third-order valence-electron chi connectivity index (χ3n) is 4.32. The molecule has 26 heavy (non-hydrogen) atoms. The number of aliphatic imine (C=N–C) groups is 2. The molecule has 2 aromatic rings. The second-order valence-corrected chi connectivity index (χ2v) is 8.66. The van der Waals surface area contributed by atoms with E-state index in [9.17, 15) is 0 Å². The lowest BCUT2D eigenvalue weighted by molar-refractivity contribution is 0.119. The molecule has 1 aliphatic rings. The number of rotatable bonds is 0. The van der Waals surface area contributed by atoms with Gasteiger partial charge < -0.3 is 9.47 Å². The van der Waals surface area contributed by atoms with Crippen LogP contribution < -0.4 is 9.47 Å². The van der Waals surface area contributed by atoms with Crippen LogP contribution in [0.5, 0.6) is 11.5 Å². The first kappa shape index (κ1) is 18.2. The van der Waals surface area contributed by atoms with Crippen molar-refractivity contribution < 1.29 is 9.47 Å². The van der Waals surface area contributed by atoms with Crippen molar-refractivity contribution in [2.45, 2.75) is 52.4 Å². The standard InChI is InChI=1S/C22H26N2O2/c1-21(2,3)15-7-17-11-19(9-15)25-14-26-20-10-16(22(4,5)6)8-18(12-20)24-13-23-17/h7-12H,14H2,1-6H3. The van der Waals surface area contributed by atoms with Gasteiger partial charge in [-0.05, 0) is 46.2 Å². The molecular weight excluding hydrogens is 324 g/mol. The van der Waals surface area contributed by atoms with E-state index in [1.165, 1.54) is 0 Å². The van der Waals surface area contributed by atoms with Gasteiger partial charge in [-0.1, -0.05) is 41.5 Å². The Bertz CT molecular complexity index is 810. The van der Waals surface area contributed by atoms with Crippen LogP contribution in [0, 0.1) is 0 Å². The maximum Gasteiger partial charge on any atom is 0.230 e. The Morgan fingerprint density at radius 3 is 1.50 bits per heavy atom. The van der Waals surface area contributed by atoms with E-state index in [4.69, 9.17) is 9.47 Å². The molecule has 0 fully saturated rings. The van der Waals surface area contributed by atoms with E-state index in [1.54, 1.807) is 0 Å². The lowest BCUT2D eigenvalue weighted by Crippen LogP contribution is -2.13. The number of hydrogen-bond acceptors (Lipinski definition) is 4. The monoisotopic (exact) mass is 350 g/mol. The Balaban J connectivity index is 2.08. The van der Waals surface area contributed by atoms with Crippen molar-refractivity contribution in [2.75, 3.05) is 6.79 Å². The Labute approximate surface area is 155 Å². The quantitative estimate of drug-likeness (QED) is 0.572. The summed E-state index contributed by atoms with van der Waals surface area (Å²) in [5, 5.41) is 0. The Kier molecular flexibility index (Phi) is 4.64. The zero-order valence-corrected chi connectivity index (χ0v) is 16.4. The minimum Gasteiger partial charge on any atom is -0.457 e. The van der Waals surface area contributed by atoms with E-state index >= 15 is 0 Å². The van der Waals surface area contributed by atoms with Gasteiger partial charge in [-0.15, -0.1) is 0 Å². The van der Waals surface area contributed by atoms with E-state index < -0.39 is 0 Å². The molecular formula is C22H26N2O2. The van der Waals surface area contributed by atoms with Crippen LogP contribution in [0.1, 0.15) is 52.7 Å². The highest BCUT2D eigenvalue weighted by molar-refractivity contribution is 5.61. The predicted octanol–water partition coefficient (Wildman–Crippen LogP) is 6.15. The van der Waals surface area contributed by atoms with Gasteiger partial charge in [-0.25, -0.2) is 0 Å². The summed E-state index contributed by atoms with van der Waals surface area (Å²) in [6, 6.07) is 14.7. The van der Waals surface area contributed by atoms with E-state index in [2.05, 4.69) is 57.5 Å². The summed E-state index contributed by atoms with van der Waals surface area (Å²) in [6.45, 7) is 13.1. The smallest absolute Gasteiger partial charge is 0.230 e.